The van der Waals surface area contributed by atoms with Crippen molar-refractivity contribution in [3.63, 3.8) is 0 Å². The van der Waals surface area contributed by atoms with Gasteiger partial charge in [0.15, 0.2) is 11.4 Å². The fraction of sp³-hybridized carbons (Fsp3) is 0.143. The zero-order valence-corrected chi connectivity index (χ0v) is 12.8. The van der Waals surface area contributed by atoms with E-state index >= 15 is 0 Å². The van der Waals surface area contributed by atoms with Gasteiger partial charge in [-0.05, 0) is 30.2 Å². The highest BCUT2D eigenvalue weighted by molar-refractivity contribution is 6.33. The average molecular weight is 339 g/mol. The third-order valence-corrected chi connectivity index (χ3v) is 3.62. The second kappa shape index (κ2) is 5.73. The zero-order valence-electron chi connectivity index (χ0n) is 12.0. The summed E-state index contributed by atoms with van der Waals surface area (Å²) in [6.07, 6.45) is 0. The summed E-state index contributed by atoms with van der Waals surface area (Å²) in [5, 5.41) is 41.3. The van der Waals surface area contributed by atoms with Gasteiger partial charge in [0.1, 0.15) is 5.56 Å². The summed E-state index contributed by atoms with van der Waals surface area (Å²) in [6, 6.07) is 3.12. The molecule has 0 saturated carbocycles. The summed E-state index contributed by atoms with van der Waals surface area (Å²) >= 11 is 5.91. The van der Waals surface area contributed by atoms with Gasteiger partial charge in [0, 0.05) is 24.6 Å². The molecule has 1 aromatic carbocycles. The molecule has 120 valence electrons. The van der Waals surface area contributed by atoms with E-state index in [2.05, 4.69) is 0 Å². The normalized spacial score (nSPS) is 10.6. The van der Waals surface area contributed by atoms with E-state index in [-0.39, 0.29) is 22.0 Å². The minimum Gasteiger partial charge on any atom is -0.617 e. The molecule has 0 unspecified atom stereocenters. The molecule has 1 aromatic heterocycles. The lowest BCUT2D eigenvalue weighted by Crippen LogP contribution is -2.34. The molecule has 0 spiro atoms. The Labute approximate surface area is 134 Å². The van der Waals surface area contributed by atoms with Crippen LogP contribution in [-0.4, -0.2) is 20.9 Å². The van der Waals surface area contributed by atoms with Crippen LogP contribution in [0.5, 0.6) is 11.5 Å². The molecule has 2 N–H and O–H groups in total. The maximum Gasteiger partial charge on any atom is 0.315 e. The number of nitrogens with zero attached hydrogens (tertiary/aromatic N) is 2. The van der Waals surface area contributed by atoms with Gasteiger partial charge in [0.2, 0.25) is 11.5 Å². The highest BCUT2D eigenvalue weighted by Gasteiger charge is 2.27. The first kappa shape index (κ1) is 16.5. The van der Waals surface area contributed by atoms with Crippen molar-refractivity contribution < 1.29 is 24.7 Å². The van der Waals surface area contributed by atoms with Crippen LogP contribution >= 0.6 is 11.6 Å². The maximum absolute atomic E-state index is 12.5. The number of pyridine rings is 1. The van der Waals surface area contributed by atoms with Crippen molar-refractivity contribution in [3.05, 3.63) is 61.1 Å². The predicted octanol–water partition coefficient (Wildman–Crippen LogP) is 2.14. The van der Waals surface area contributed by atoms with Gasteiger partial charge in [0.25, 0.3) is 5.15 Å². The number of nitro benzene ring substituents is 1. The molecule has 9 heteroatoms. The lowest BCUT2D eigenvalue weighted by molar-refractivity contribution is -0.610. The number of hydrogen-bond acceptors (Lipinski definition) is 6. The smallest absolute Gasteiger partial charge is 0.315 e. The molecule has 0 amide bonds. The lowest BCUT2D eigenvalue weighted by atomic mass is 9.99. The molecular formula is C14H11ClN2O6. The van der Waals surface area contributed by atoms with Crippen molar-refractivity contribution in [2.24, 2.45) is 0 Å². The van der Waals surface area contributed by atoms with Gasteiger partial charge in [-0.2, -0.15) is 4.73 Å². The summed E-state index contributed by atoms with van der Waals surface area (Å²) in [7, 11) is 0. The first-order chi connectivity index (χ1) is 10.6. The number of carbonyl (C=O) groups excluding carboxylic acids is 1. The Morgan fingerprint density at radius 3 is 2.43 bits per heavy atom. The van der Waals surface area contributed by atoms with Crippen LogP contribution in [0.15, 0.2) is 18.2 Å². The number of carbonyl (C=O) groups is 1. The molecule has 0 atom stereocenters. The number of phenols is 2. The maximum atomic E-state index is 12.5. The first-order valence-electron chi connectivity index (χ1n) is 6.29. The number of aromatic nitrogens is 1. The summed E-state index contributed by atoms with van der Waals surface area (Å²) in [6.45, 7) is 3.07. The molecule has 2 aromatic rings. The fourth-order valence-electron chi connectivity index (χ4n) is 2.15. The number of benzene rings is 1. The number of nitro groups is 1. The second-order valence-corrected chi connectivity index (χ2v) is 5.24. The summed E-state index contributed by atoms with van der Waals surface area (Å²) in [4.78, 5) is 22.5. The second-order valence-electron chi connectivity index (χ2n) is 4.88. The Balaban J connectivity index is 2.68. The Bertz CT molecular complexity index is 850. The standard InChI is InChI=1S/C14H11ClN2O6/c1-6-3-7(2)16(21)14(15)11(6)12(19)8-4-9(17(22)23)13(20)10(18)5-8/h3-5,18,20H,1-2H3. The third-order valence-electron chi connectivity index (χ3n) is 3.28. The highest BCUT2D eigenvalue weighted by Crippen LogP contribution is 2.37. The van der Waals surface area contributed by atoms with Crippen LogP contribution in [0.3, 0.4) is 0 Å². The molecule has 0 saturated heterocycles. The molecular weight excluding hydrogens is 328 g/mol. The van der Waals surface area contributed by atoms with E-state index in [1.165, 1.54) is 13.0 Å². The fourth-order valence-corrected chi connectivity index (χ4v) is 2.52. The number of rotatable bonds is 3. The topological polar surface area (TPSA) is 128 Å². The molecule has 2 rings (SSSR count). The number of aromatic hydroxyl groups is 2. The van der Waals surface area contributed by atoms with E-state index in [1.807, 2.05) is 0 Å². The molecule has 8 nitrogen and oxygen atoms in total. The van der Waals surface area contributed by atoms with E-state index in [4.69, 9.17) is 11.6 Å². The monoisotopic (exact) mass is 338 g/mol. The Morgan fingerprint density at radius 1 is 1.26 bits per heavy atom. The molecule has 0 aliphatic rings. The number of hydrogen-bond donors (Lipinski definition) is 2. The van der Waals surface area contributed by atoms with Gasteiger partial charge >= 0.3 is 5.69 Å². The van der Waals surface area contributed by atoms with Crippen LogP contribution in [-0.2, 0) is 0 Å². The highest BCUT2D eigenvalue weighted by atomic mass is 35.5. The van der Waals surface area contributed by atoms with Crippen molar-refractivity contribution in [3.8, 4) is 11.5 Å². The van der Waals surface area contributed by atoms with E-state index in [1.54, 1.807) is 6.92 Å². The Hall–Kier alpha value is -2.87. The van der Waals surface area contributed by atoms with Crippen molar-refractivity contribution in [2.45, 2.75) is 13.8 Å². The van der Waals surface area contributed by atoms with E-state index in [9.17, 15) is 30.3 Å². The number of ketones is 1. The zero-order chi connectivity index (χ0) is 17.5. The number of phenolic OH excluding ortho intramolecular Hbond substituents is 2. The van der Waals surface area contributed by atoms with E-state index in [0.717, 1.165) is 12.1 Å². The van der Waals surface area contributed by atoms with E-state index < -0.39 is 27.9 Å². The van der Waals surface area contributed by atoms with E-state index in [0.29, 0.717) is 10.3 Å². The molecule has 0 fully saturated rings. The number of halogens is 1. The van der Waals surface area contributed by atoms with Gasteiger partial charge in [-0.25, -0.2) is 0 Å². The molecule has 0 radical (unpaired) electrons. The van der Waals surface area contributed by atoms with Crippen LogP contribution in [0, 0.1) is 29.2 Å². The molecule has 23 heavy (non-hydrogen) atoms. The van der Waals surface area contributed by atoms with Crippen LogP contribution in [0.2, 0.25) is 5.15 Å². The largest absolute Gasteiger partial charge is 0.617 e. The Morgan fingerprint density at radius 2 is 1.87 bits per heavy atom. The van der Waals surface area contributed by atoms with Crippen molar-refractivity contribution >= 4 is 23.1 Å². The minimum absolute atomic E-state index is 0.133. The predicted molar refractivity (Wildman–Crippen MR) is 79.7 cm³/mol. The quantitative estimate of drug-likeness (QED) is 0.168. The summed E-state index contributed by atoms with van der Waals surface area (Å²) in [5.74, 6) is -2.55. The van der Waals surface area contributed by atoms with Crippen molar-refractivity contribution in [1.82, 2.24) is 0 Å². The van der Waals surface area contributed by atoms with Crippen molar-refractivity contribution in [2.75, 3.05) is 0 Å². The Kier molecular flexibility index (Phi) is 4.11. The summed E-state index contributed by atoms with van der Waals surface area (Å²) in [5.41, 5.74) is -0.555. The van der Waals surface area contributed by atoms with Gasteiger partial charge < -0.3 is 15.4 Å². The van der Waals surface area contributed by atoms with Gasteiger partial charge in [0.05, 0.1) is 4.92 Å². The number of aryl methyl sites for hydroxylation is 2. The van der Waals surface area contributed by atoms with Crippen LogP contribution in [0.4, 0.5) is 5.69 Å². The molecule has 0 aliphatic heterocycles. The third kappa shape index (κ3) is 2.76. The van der Waals surface area contributed by atoms with Gasteiger partial charge in [-0.3, -0.25) is 14.9 Å². The van der Waals surface area contributed by atoms with Crippen LogP contribution in [0.1, 0.15) is 27.2 Å². The van der Waals surface area contributed by atoms with Gasteiger partial charge in [-0.1, -0.05) is 0 Å². The van der Waals surface area contributed by atoms with Crippen LogP contribution < -0.4 is 4.73 Å². The average Bonchev–Trinajstić information content (AvgIpc) is 2.47. The lowest BCUT2D eigenvalue weighted by Gasteiger charge is -2.10. The first-order valence-corrected chi connectivity index (χ1v) is 6.67. The molecule has 0 aliphatic carbocycles. The summed E-state index contributed by atoms with van der Waals surface area (Å²) < 4.78 is 0.358. The SMILES string of the molecule is Cc1cc(C)[n+]([O-])c(Cl)c1C(=O)c1cc(O)c(O)c([N+](=O)[O-])c1. The van der Waals surface area contributed by atoms with Gasteiger partial charge in [-0.15, -0.1) is 0 Å². The molecule has 0 bridgehead atoms. The van der Waals surface area contributed by atoms with Crippen LogP contribution in [0.25, 0.3) is 0 Å². The molecule has 1 heterocycles. The van der Waals surface area contributed by atoms with Crippen molar-refractivity contribution in [1.29, 1.82) is 0 Å². The minimum atomic E-state index is -0.947.